The molecule has 20 heavy (non-hydrogen) atoms. The minimum atomic E-state index is -1.40. The highest BCUT2D eigenvalue weighted by molar-refractivity contribution is 7.16. The van der Waals surface area contributed by atoms with E-state index < -0.39 is 5.67 Å². The average molecular weight is 286 g/mol. The van der Waals surface area contributed by atoms with Crippen molar-refractivity contribution in [2.24, 2.45) is 0 Å². The first-order valence-corrected chi connectivity index (χ1v) is 7.21. The summed E-state index contributed by atoms with van der Waals surface area (Å²) in [7, 11) is 0. The molecule has 1 heterocycles. The summed E-state index contributed by atoms with van der Waals surface area (Å²) in [6.45, 7) is 3.51. The molecule has 0 fully saturated rings. The molecule has 0 spiro atoms. The zero-order valence-electron chi connectivity index (χ0n) is 11.4. The van der Waals surface area contributed by atoms with Crippen molar-refractivity contribution >= 4 is 29.2 Å². The molecule has 102 valence electrons. The van der Waals surface area contributed by atoms with Crippen molar-refractivity contribution in [3.05, 3.63) is 46.5 Å². The molecule has 0 amide bonds. The predicted molar refractivity (Wildman–Crippen MR) is 84.3 cm³/mol. The summed E-state index contributed by atoms with van der Waals surface area (Å²) < 4.78 is 13.9. The Labute approximate surface area is 121 Å². The largest absolute Gasteiger partial charge is 0.399 e. The Hall–Kier alpha value is -1.94. The first-order chi connectivity index (χ1) is 9.44. The normalized spacial score (nSPS) is 20.8. The van der Waals surface area contributed by atoms with Crippen LogP contribution in [-0.2, 0) is 0 Å². The zero-order valence-corrected chi connectivity index (χ0v) is 12.2. The first kappa shape index (κ1) is 13.1. The Morgan fingerprint density at radius 1 is 1.25 bits per heavy atom. The number of hydrogen-bond acceptors (Lipinski definition) is 3. The van der Waals surface area contributed by atoms with Crippen LogP contribution in [0.5, 0.6) is 0 Å². The van der Waals surface area contributed by atoms with Gasteiger partial charge in [0.25, 0.3) is 0 Å². The molecule has 0 radical (unpaired) electrons. The van der Waals surface area contributed by atoms with Crippen molar-refractivity contribution < 1.29 is 4.39 Å². The van der Waals surface area contributed by atoms with Crippen LogP contribution in [0.3, 0.4) is 0 Å². The maximum absolute atomic E-state index is 13.9. The predicted octanol–water partition coefficient (Wildman–Crippen LogP) is 4.47. The fraction of sp³-hybridized carbons (Fsp3) is 0.188. The number of halogens is 1. The third kappa shape index (κ3) is 2.39. The summed E-state index contributed by atoms with van der Waals surface area (Å²) in [5.74, 6) is 0. The molecule has 0 saturated carbocycles. The standard InChI is InChI=1S/C16H15FN2S/c1-10-9-11(3-4-12(10)18)15-19-13-5-7-16(2,17)8-6-14(13)20-15/h3-9H,18H2,1-2H3. The van der Waals surface area contributed by atoms with Crippen molar-refractivity contribution in [2.75, 3.05) is 5.73 Å². The number of hydrogen-bond donors (Lipinski definition) is 1. The summed E-state index contributed by atoms with van der Waals surface area (Å²) in [6.07, 6.45) is 6.65. The van der Waals surface area contributed by atoms with Gasteiger partial charge >= 0.3 is 0 Å². The highest BCUT2D eigenvalue weighted by Gasteiger charge is 2.19. The van der Waals surface area contributed by atoms with E-state index in [1.807, 2.05) is 25.1 Å². The fourth-order valence-corrected chi connectivity index (χ4v) is 3.00. The smallest absolute Gasteiger partial charge is 0.145 e. The molecule has 0 aliphatic heterocycles. The van der Waals surface area contributed by atoms with Gasteiger partial charge in [-0.2, -0.15) is 0 Å². The van der Waals surface area contributed by atoms with Crippen LogP contribution in [0.4, 0.5) is 10.1 Å². The van der Waals surface area contributed by atoms with E-state index in [2.05, 4.69) is 4.98 Å². The second-order valence-corrected chi connectivity index (χ2v) is 6.19. The second kappa shape index (κ2) is 4.56. The molecule has 3 rings (SSSR count). The molecule has 0 saturated heterocycles. The van der Waals surface area contributed by atoms with Gasteiger partial charge in [-0.05, 0) is 61.9 Å². The van der Waals surface area contributed by atoms with Gasteiger partial charge in [-0.25, -0.2) is 9.37 Å². The van der Waals surface area contributed by atoms with Crippen molar-refractivity contribution in [1.29, 1.82) is 0 Å². The SMILES string of the molecule is Cc1cc(-c2nc3c(s2)C=CC(C)(F)C=C3)ccc1N. The Balaban J connectivity index is 2.04. The van der Waals surface area contributed by atoms with Crippen LogP contribution in [0.1, 0.15) is 23.1 Å². The number of fused-ring (bicyclic) bond motifs is 1. The molecule has 4 heteroatoms. The lowest BCUT2D eigenvalue weighted by Crippen LogP contribution is -2.07. The highest BCUT2D eigenvalue weighted by Crippen LogP contribution is 2.34. The van der Waals surface area contributed by atoms with E-state index in [0.717, 1.165) is 32.4 Å². The molecule has 1 aliphatic carbocycles. The number of nitrogens with zero attached hydrogens (tertiary/aromatic N) is 1. The van der Waals surface area contributed by atoms with Crippen LogP contribution in [0.2, 0.25) is 0 Å². The molecule has 1 unspecified atom stereocenters. The third-order valence-corrected chi connectivity index (χ3v) is 4.41. The molecule has 1 aromatic heterocycles. The van der Waals surface area contributed by atoms with Gasteiger partial charge in [-0.3, -0.25) is 0 Å². The number of anilines is 1. The lowest BCUT2D eigenvalue weighted by atomic mass is 10.1. The molecule has 2 nitrogen and oxygen atoms in total. The van der Waals surface area contributed by atoms with E-state index in [4.69, 9.17) is 5.73 Å². The molecule has 1 atom stereocenters. The Bertz CT molecular complexity index is 693. The van der Waals surface area contributed by atoms with Gasteiger partial charge in [0.15, 0.2) is 0 Å². The highest BCUT2D eigenvalue weighted by atomic mass is 32.1. The zero-order chi connectivity index (χ0) is 14.3. The third-order valence-electron chi connectivity index (χ3n) is 3.33. The van der Waals surface area contributed by atoms with Gasteiger partial charge in [0.2, 0.25) is 0 Å². The van der Waals surface area contributed by atoms with E-state index in [9.17, 15) is 4.39 Å². The number of nitrogen functional groups attached to an aromatic ring is 1. The maximum Gasteiger partial charge on any atom is 0.145 e. The Morgan fingerprint density at radius 3 is 2.75 bits per heavy atom. The lowest BCUT2D eigenvalue weighted by Gasteiger charge is -2.06. The van der Waals surface area contributed by atoms with E-state index >= 15 is 0 Å². The molecule has 1 aromatic carbocycles. The van der Waals surface area contributed by atoms with Crippen molar-refractivity contribution in [3.63, 3.8) is 0 Å². The summed E-state index contributed by atoms with van der Waals surface area (Å²) >= 11 is 1.56. The molecule has 2 aromatic rings. The molecule has 0 bridgehead atoms. The van der Waals surface area contributed by atoms with Crippen molar-refractivity contribution in [3.8, 4) is 10.6 Å². The van der Waals surface area contributed by atoms with Crippen LogP contribution in [-0.4, -0.2) is 10.7 Å². The van der Waals surface area contributed by atoms with Gasteiger partial charge in [0.05, 0.1) is 10.6 Å². The van der Waals surface area contributed by atoms with E-state index in [1.165, 1.54) is 13.0 Å². The summed E-state index contributed by atoms with van der Waals surface area (Å²) in [6, 6.07) is 5.88. The first-order valence-electron chi connectivity index (χ1n) is 6.39. The Kier molecular flexibility index (Phi) is 2.98. The maximum atomic E-state index is 13.9. The summed E-state index contributed by atoms with van der Waals surface area (Å²) in [4.78, 5) is 5.57. The number of thiazole rings is 1. The number of aromatic nitrogens is 1. The number of nitrogens with two attached hydrogens (primary N) is 1. The Morgan fingerprint density at radius 2 is 2.00 bits per heavy atom. The number of aryl methyl sites for hydroxylation is 1. The second-order valence-electron chi connectivity index (χ2n) is 5.16. The molecule has 2 N–H and O–H groups in total. The lowest BCUT2D eigenvalue weighted by molar-refractivity contribution is 0.331. The van der Waals surface area contributed by atoms with Crippen LogP contribution < -0.4 is 5.73 Å². The molecular formula is C16H15FN2S. The van der Waals surface area contributed by atoms with Gasteiger partial charge in [0, 0.05) is 11.3 Å². The van der Waals surface area contributed by atoms with Crippen LogP contribution in [0.15, 0.2) is 30.4 Å². The number of allylic oxidation sites excluding steroid dienone is 2. The van der Waals surface area contributed by atoms with Crippen LogP contribution in [0, 0.1) is 6.92 Å². The summed E-state index contributed by atoms with van der Waals surface area (Å²) in [5, 5.41) is 0.926. The van der Waals surface area contributed by atoms with E-state index in [-0.39, 0.29) is 0 Å². The minimum Gasteiger partial charge on any atom is -0.399 e. The fourth-order valence-electron chi connectivity index (χ4n) is 2.05. The number of alkyl halides is 1. The minimum absolute atomic E-state index is 0.778. The monoisotopic (exact) mass is 286 g/mol. The van der Waals surface area contributed by atoms with E-state index in [0.29, 0.717) is 0 Å². The summed E-state index contributed by atoms with van der Waals surface area (Å²) in [5.41, 5.74) is 8.10. The van der Waals surface area contributed by atoms with E-state index in [1.54, 1.807) is 29.6 Å². The molecule has 1 aliphatic rings. The number of benzene rings is 1. The molecular weight excluding hydrogens is 271 g/mol. The number of rotatable bonds is 1. The van der Waals surface area contributed by atoms with Gasteiger partial charge in [0.1, 0.15) is 10.7 Å². The topological polar surface area (TPSA) is 38.9 Å². The van der Waals surface area contributed by atoms with Gasteiger partial charge in [-0.15, -0.1) is 11.3 Å². The van der Waals surface area contributed by atoms with Crippen LogP contribution >= 0.6 is 11.3 Å². The van der Waals surface area contributed by atoms with Crippen LogP contribution in [0.25, 0.3) is 22.7 Å². The quantitative estimate of drug-likeness (QED) is 0.786. The van der Waals surface area contributed by atoms with Crippen molar-refractivity contribution in [1.82, 2.24) is 4.98 Å². The average Bonchev–Trinajstić information content (AvgIpc) is 2.75. The van der Waals surface area contributed by atoms with Gasteiger partial charge in [-0.1, -0.05) is 0 Å². The van der Waals surface area contributed by atoms with Crippen molar-refractivity contribution in [2.45, 2.75) is 19.5 Å². The van der Waals surface area contributed by atoms with Gasteiger partial charge < -0.3 is 5.73 Å².